The number of aliphatic carboxylic acids is 1. The van der Waals surface area contributed by atoms with E-state index in [1.165, 1.54) is 0 Å². The van der Waals surface area contributed by atoms with Gasteiger partial charge in [0, 0.05) is 18.9 Å². The molecule has 0 spiro atoms. The second-order valence-corrected chi connectivity index (χ2v) is 6.73. The molecule has 1 atom stereocenters. The second kappa shape index (κ2) is 7.43. The van der Waals surface area contributed by atoms with Crippen molar-refractivity contribution in [2.75, 3.05) is 6.54 Å². The lowest BCUT2D eigenvalue weighted by Gasteiger charge is -2.27. The minimum Gasteiger partial charge on any atom is -0.480 e. The molecule has 0 aromatic rings. The standard InChI is InChI=1S/C15H26N2O4/c1-15(2,3)12(14(20)21)17-11(18)8-9-16-13(19)10-6-4-5-7-10/h10,12H,4-9H2,1-3H3,(H,16,19)(H,17,18)(H,20,21). The van der Waals surface area contributed by atoms with Crippen LogP contribution in [0.1, 0.15) is 52.9 Å². The highest BCUT2D eigenvalue weighted by molar-refractivity contribution is 5.85. The van der Waals surface area contributed by atoms with Gasteiger partial charge in [-0.05, 0) is 18.3 Å². The van der Waals surface area contributed by atoms with Gasteiger partial charge in [-0.15, -0.1) is 0 Å². The van der Waals surface area contributed by atoms with Gasteiger partial charge in [-0.25, -0.2) is 4.79 Å². The fourth-order valence-electron chi connectivity index (χ4n) is 2.51. The Morgan fingerprint density at radius 2 is 1.76 bits per heavy atom. The third-order valence-electron chi connectivity index (χ3n) is 3.80. The maximum Gasteiger partial charge on any atom is 0.326 e. The lowest BCUT2D eigenvalue weighted by molar-refractivity contribution is -0.145. The summed E-state index contributed by atoms with van der Waals surface area (Å²) in [6.45, 7) is 5.52. The summed E-state index contributed by atoms with van der Waals surface area (Å²) in [7, 11) is 0. The molecule has 1 fully saturated rings. The van der Waals surface area contributed by atoms with Gasteiger partial charge in [0.25, 0.3) is 0 Å². The maximum atomic E-state index is 11.8. The van der Waals surface area contributed by atoms with Crippen LogP contribution in [-0.4, -0.2) is 35.5 Å². The molecule has 0 heterocycles. The van der Waals surface area contributed by atoms with Crippen LogP contribution in [0.2, 0.25) is 0 Å². The Morgan fingerprint density at radius 1 is 1.19 bits per heavy atom. The Labute approximate surface area is 125 Å². The number of carbonyl (C=O) groups is 3. The molecule has 1 unspecified atom stereocenters. The fourth-order valence-corrected chi connectivity index (χ4v) is 2.51. The number of amides is 2. The molecule has 21 heavy (non-hydrogen) atoms. The van der Waals surface area contributed by atoms with Crippen LogP contribution in [0, 0.1) is 11.3 Å². The number of nitrogens with one attached hydrogen (secondary N) is 2. The van der Waals surface area contributed by atoms with Crippen molar-refractivity contribution in [2.24, 2.45) is 11.3 Å². The number of hydrogen-bond donors (Lipinski definition) is 3. The third kappa shape index (κ3) is 5.73. The van der Waals surface area contributed by atoms with Gasteiger partial charge in [-0.1, -0.05) is 33.6 Å². The monoisotopic (exact) mass is 298 g/mol. The zero-order valence-electron chi connectivity index (χ0n) is 13.1. The average molecular weight is 298 g/mol. The molecule has 0 radical (unpaired) electrons. The van der Waals surface area contributed by atoms with E-state index in [1.807, 2.05) is 0 Å². The van der Waals surface area contributed by atoms with E-state index in [0.29, 0.717) is 0 Å². The Bertz CT molecular complexity index is 395. The lowest BCUT2D eigenvalue weighted by Crippen LogP contribution is -2.49. The lowest BCUT2D eigenvalue weighted by atomic mass is 9.86. The van der Waals surface area contributed by atoms with E-state index in [0.717, 1.165) is 25.7 Å². The fraction of sp³-hybridized carbons (Fsp3) is 0.800. The largest absolute Gasteiger partial charge is 0.480 e. The van der Waals surface area contributed by atoms with E-state index in [2.05, 4.69) is 10.6 Å². The first kappa shape index (κ1) is 17.5. The normalized spacial score (nSPS) is 17.3. The summed E-state index contributed by atoms with van der Waals surface area (Å²) in [5.74, 6) is -1.32. The predicted molar refractivity (Wildman–Crippen MR) is 78.6 cm³/mol. The third-order valence-corrected chi connectivity index (χ3v) is 3.80. The number of carbonyl (C=O) groups excluding carboxylic acids is 2. The zero-order chi connectivity index (χ0) is 16.0. The summed E-state index contributed by atoms with van der Waals surface area (Å²) in [4.78, 5) is 34.7. The van der Waals surface area contributed by atoms with E-state index >= 15 is 0 Å². The van der Waals surface area contributed by atoms with Crippen LogP contribution in [0.4, 0.5) is 0 Å². The molecule has 0 aliphatic heterocycles. The maximum absolute atomic E-state index is 11.8. The van der Waals surface area contributed by atoms with E-state index in [9.17, 15) is 14.4 Å². The van der Waals surface area contributed by atoms with Crippen molar-refractivity contribution in [2.45, 2.75) is 58.9 Å². The summed E-state index contributed by atoms with van der Waals surface area (Å²) in [6.07, 6.45) is 4.11. The molecule has 6 heteroatoms. The molecule has 1 saturated carbocycles. The highest BCUT2D eigenvalue weighted by Gasteiger charge is 2.32. The van der Waals surface area contributed by atoms with Gasteiger partial charge in [0.1, 0.15) is 6.04 Å². The van der Waals surface area contributed by atoms with E-state index < -0.39 is 17.4 Å². The Kier molecular flexibility index (Phi) is 6.18. The summed E-state index contributed by atoms with van der Waals surface area (Å²) in [5, 5.41) is 14.4. The van der Waals surface area contributed by atoms with Crippen LogP contribution in [0.15, 0.2) is 0 Å². The van der Waals surface area contributed by atoms with Crippen LogP contribution in [0.5, 0.6) is 0 Å². The molecule has 1 rings (SSSR count). The van der Waals surface area contributed by atoms with Crippen LogP contribution < -0.4 is 10.6 Å². The van der Waals surface area contributed by atoms with Crippen molar-refractivity contribution >= 4 is 17.8 Å². The van der Waals surface area contributed by atoms with Gasteiger partial charge >= 0.3 is 5.97 Å². The smallest absolute Gasteiger partial charge is 0.326 e. The quantitative estimate of drug-likeness (QED) is 0.688. The van der Waals surface area contributed by atoms with Gasteiger partial charge in [-0.3, -0.25) is 9.59 Å². The van der Waals surface area contributed by atoms with Gasteiger partial charge in [0.15, 0.2) is 0 Å². The van der Waals surface area contributed by atoms with Crippen molar-refractivity contribution in [1.29, 1.82) is 0 Å². The van der Waals surface area contributed by atoms with E-state index in [4.69, 9.17) is 5.11 Å². The van der Waals surface area contributed by atoms with Gasteiger partial charge < -0.3 is 15.7 Å². The van der Waals surface area contributed by atoms with Crippen molar-refractivity contribution in [1.82, 2.24) is 10.6 Å². The summed E-state index contributed by atoms with van der Waals surface area (Å²) in [5.41, 5.74) is -0.561. The number of carboxylic acid groups (broad SMARTS) is 1. The molecule has 6 nitrogen and oxygen atoms in total. The summed E-state index contributed by atoms with van der Waals surface area (Å²) < 4.78 is 0. The Balaban J connectivity index is 2.33. The molecule has 2 amide bonds. The highest BCUT2D eigenvalue weighted by Crippen LogP contribution is 2.24. The molecule has 0 saturated heterocycles. The molecular formula is C15H26N2O4. The van der Waals surface area contributed by atoms with Crippen molar-refractivity contribution in [3.05, 3.63) is 0 Å². The first-order valence-electron chi connectivity index (χ1n) is 7.51. The molecule has 0 aromatic carbocycles. The first-order chi connectivity index (χ1) is 9.71. The number of rotatable bonds is 6. The zero-order valence-corrected chi connectivity index (χ0v) is 13.1. The number of hydrogen-bond acceptors (Lipinski definition) is 3. The van der Waals surface area contributed by atoms with Crippen molar-refractivity contribution < 1.29 is 19.5 Å². The topological polar surface area (TPSA) is 95.5 Å². The second-order valence-electron chi connectivity index (χ2n) is 6.73. The number of carboxylic acids is 1. The Morgan fingerprint density at radius 3 is 2.24 bits per heavy atom. The summed E-state index contributed by atoms with van der Waals surface area (Å²) in [6, 6.07) is -0.935. The predicted octanol–water partition coefficient (Wildman–Crippen LogP) is 1.30. The minimum atomic E-state index is -1.05. The average Bonchev–Trinajstić information content (AvgIpc) is 2.87. The van der Waals surface area contributed by atoms with E-state index in [1.54, 1.807) is 20.8 Å². The molecule has 0 aromatic heterocycles. The van der Waals surface area contributed by atoms with Crippen molar-refractivity contribution in [3.63, 3.8) is 0 Å². The van der Waals surface area contributed by atoms with Crippen LogP contribution in [0.3, 0.4) is 0 Å². The van der Waals surface area contributed by atoms with Gasteiger partial charge in [-0.2, -0.15) is 0 Å². The SMILES string of the molecule is CC(C)(C)C(NC(=O)CCNC(=O)C1CCCC1)C(=O)O. The molecular weight excluding hydrogens is 272 g/mol. The van der Waals surface area contributed by atoms with Gasteiger partial charge in [0.2, 0.25) is 11.8 Å². The highest BCUT2D eigenvalue weighted by atomic mass is 16.4. The van der Waals surface area contributed by atoms with Crippen LogP contribution in [-0.2, 0) is 14.4 Å². The Hall–Kier alpha value is -1.59. The first-order valence-corrected chi connectivity index (χ1v) is 7.51. The van der Waals surface area contributed by atoms with Crippen LogP contribution in [0.25, 0.3) is 0 Å². The minimum absolute atomic E-state index is 0.00547. The summed E-state index contributed by atoms with van der Waals surface area (Å²) >= 11 is 0. The molecule has 120 valence electrons. The molecule has 1 aliphatic carbocycles. The van der Waals surface area contributed by atoms with Crippen molar-refractivity contribution in [3.8, 4) is 0 Å². The molecule has 1 aliphatic rings. The molecule has 3 N–H and O–H groups in total. The van der Waals surface area contributed by atoms with Crippen LogP contribution >= 0.6 is 0 Å². The van der Waals surface area contributed by atoms with Gasteiger partial charge in [0.05, 0.1) is 0 Å². The van der Waals surface area contributed by atoms with E-state index in [-0.39, 0.29) is 30.7 Å². The molecule has 0 bridgehead atoms.